The van der Waals surface area contributed by atoms with Gasteiger partial charge in [-0.25, -0.2) is 14.8 Å². The van der Waals surface area contributed by atoms with Gasteiger partial charge in [0.15, 0.2) is 22.5 Å². The molecule has 1 aliphatic heterocycles. The second-order valence-electron chi connectivity index (χ2n) is 8.33. The van der Waals surface area contributed by atoms with Crippen LogP contribution in [0.5, 0.6) is 0 Å². The average Bonchev–Trinajstić information content (AvgIpc) is 2.71. The lowest BCUT2D eigenvalue weighted by molar-refractivity contribution is 0.0560. The number of carbonyl (C=O) groups is 2. The Morgan fingerprint density at radius 2 is 2.03 bits per heavy atom. The Morgan fingerprint density at radius 1 is 1.28 bits per heavy atom. The van der Waals surface area contributed by atoms with Gasteiger partial charge in [0, 0.05) is 12.7 Å². The number of pyridine rings is 1. The van der Waals surface area contributed by atoms with Crippen molar-refractivity contribution in [1.29, 1.82) is 0 Å². The smallest absolute Gasteiger partial charge is 0.415 e. The zero-order valence-electron chi connectivity index (χ0n) is 18.2. The summed E-state index contributed by atoms with van der Waals surface area (Å²) in [6.45, 7) is 6.84. The maximum absolute atomic E-state index is 13.2. The first-order chi connectivity index (χ1) is 15.1. The SMILES string of the molecule is CC(C)(C)OC(=O)N(c1ccncc1NC(=O)c1nc(Cl)c(N)nc1N)C1CCCNC1. The maximum atomic E-state index is 13.2. The number of nitrogens with zero attached hydrogens (tertiary/aromatic N) is 4. The van der Waals surface area contributed by atoms with E-state index in [1.54, 1.807) is 31.7 Å². The van der Waals surface area contributed by atoms with E-state index in [4.69, 9.17) is 27.8 Å². The Hall–Kier alpha value is -3.18. The van der Waals surface area contributed by atoms with Crippen LogP contribution >= 0.6 is 11.6 Å². The fourth-order valence-electron chi connectivity index (χ4n) is 3.29. The van der Waals surface area contributed by atoms with Gasteiger partial charge in [-0.1, -0.05) is 11.6 Å². The molecule has 6 N–H and O–H groups in total. The van der Waals surface area contributed by atoms with Gasteiger partial charge >= 0.3 is 6.09 Å². The minimum atomic E-state index is -0.696. The number of ether oxygens (including phenoxy) is 1. The lowest BCUT2D eigenvalue weighted by Gasteiger charge is -2.36. The molecule has 0 spiro atoms. The van der Waals surface area contributed by atoms with E-state index in [-0.39, 0.29) is 34.2 Å². The first-order valence-electron chi connectivity index (χ1n) is 10.1. The van der Waals surface area contributed by atoms with E-state index in [1.807, 2.05) is 0 Å². The Morgan fingerprint density at radius 3 is 2.69 bits per heavy atom. The van der Waals surface area contributed by atoms with Crippen molar-refractivity contribution in [3.63, 3.8) is 0 Å². The molecule has 3 heterocycles. The zero-order valence-corrected chi connectivity index (χ0v) is 18.9. The number of halogens is 1. The number of nitrogens with two attached hydrogens (primary N) is 2. The minimum absolute atomic E-state index is 0.0799. The summed E-state index contributed by atoms with van der Waals surface area (Å²) in [6.07, 6.45) is 4.11. The highest BCUT2D eigenvalue weighted by Gasteiger charge is 2.32. The van der Waals surface area contributed by atoms with Crippen LogP contribution in [0.1, 0.15) is 44.1 Å². The van der Waals surface area contributed by atoms with Crippen molar-refractivity contribution in [2.24, 2.45) is 0 Å². The summed E-state index contributed by atoms with van der Waals surface area (Å²) >= 11 is 5.90. The molecule has 3 rings (SSSR count). The van der Waals surface area contributed by atoms with Gasteiger partial charge in [0.1, 0.15) is 5.60 Å². The van der Waals surface area contributed by atoms with Crippen LogP contribution in [0.25, 0.3) is 0 Å². The molecule has 1 saturated heterocycles. The standard InChI is InChI=1S/C20H27ClN8O3/c1-20(2,3)32-19(31)29(11-5-4-7-24-9-11)13-6-8-25-10-12(13)26-18(30)14-16(22)28-17(23)15(21)27-14/h6,8,10-11,24H,4-5,7,9H2,1-3H3,(H,26,30)(H4,22,23,28). The number of rotatable bonds is 4. The second-order valence-corrected chi connectivity index (χ2v) is 8.69. The van der Waals surface area contributed by atoms with E-state index in [1.165, 1.54) is 12.4 Å². The van der Waals surface area contributed by atoms with Crippen molar-refractivity contribution in [3.8, 4) is 0 Å². The topological polar surface area (TPSA) is 161 Å². The van der Waals surface area contributed by atoms with Gasteiger partial charge in [0.25, 0.3) is 5.91 Å². The Balaban J connectivity index is 1.96. The van der Waals surface area contributed by atoms with E-state index >= 15 is 0 Å². The summed E-state index contributed by atoms with van der Waals surface area (Å²) < 4.78 is 5.65. The quantitative estimate of drug-likeness (QED) is 0.534. The van der Waals surface area contributed by atoms with Crippen molar-refractivity contribution >= 4 is 46.6 Å². The van der Waals surface area contributed by atoms with Crippen molar-refractivity contribution in [3.05, 3.63) is 29.3 Å². The summed E-state index contributed by atoms with van der Waals surface area (Å²) in [5, 5.41) is 5.85. The predicted molar refractivity (Wildman–Crippen MR) is 123 cm³/mol. The zero-order chi connectivity index (χ0) is 23.5. The van der Waals surface area contributed by atoms with Crippen molar-refractivity contribution in [1.82, 2.24) is 20.3 Å². The number of aromatic nitrogens is 3. The Kier molecular flexibility index (Phi) is 6.99. The normalized spacial score (nSPS) is 16.3. The number of amides is 2. The van der Waals surface area contributed by atoms with Crippen LogP contribution in [-0.2, 0) is 4.74 Å². The number of hydrogen-bond acceptors (Lipinski definition) is 9. The summed E-state index contributed by atoms with van der Waals surface area (Å²) in [5.74, 6) is -0.920. The van der Waals surface area contributed by atoms with Gasteiger partial charge in [-0.05, 0) is 46.2 Å². The van der Waals surface area contributed by atoms with Crippen molar-refractivity contribution in [2.45, 2.75) is 45.3 Å². The van der Waals surface area contributed by atoms with Gasteiger partial charge in [-0.15, -0.1) is 0 Å². The molecule has 172 valence electrons. The van der Waals surface area contributed by atoms with Crippen LogP contribution in [0.4, 0.5) is 27.8 Å². The Bertz CT molecular complexity index is 1000. The van der Waals surface area contributed by atoms with Gasteiger partial charge in [-0.2, -0.15) is 0 Å². The summed E-state index contributed by atoms with van der Waals surface area (Å²) in [4.78, 5) is 39.4. The van der Waals surface area contributed by atoms with Crippen LogP contribution in [0, 0.1) is 0 Å². The molecular formula is C20H27ClN8O3. The molecule has 1 fully saturated rings. The van der Waals surface area contributed by atoms with E-state index < -0.39 is 17.6 Å². The minimum Gasteiger partial charge on any atom is -0.443 e. The number of anilines is 4. The molecule has 2 aromatic rings. The highest BCUT2D eigenvalue weighted by atomic mass is 35.5. The van der Waals surface area contributed by atoms with E-state index in [0.29, 0.717) is 12.2 Å². The number of nitrogens with one attached hydrogen (secondary N) is 2. The summed E-state index contributed by atoms with van der Waals surface area (Å²) in [6, 6.07) is 1.46. The molecule has 0 aromatic carbocycles. The molecule has 1 atom stereocenters. The van der Waals surface area contributed by atoms with Crippen molar-refractivity contribution < 1.29 is 14.3 Å². The van der Waals surface area contributed by atoms with Gasteiger partial charge in [0.05, 0.1) is 23.6 Å². The molecule has 32 heavy (non-hydrogen) atoms. The third kappa shape index (κ3) is 5.54. The third-order valence-corrected chi connectivity index (χ3v) is 4.93. The number of hydrogen-bond donors (Lipinski definition) is 4. The van der Waals surface area contributed by atoms with Gasteiger partial charge in [-0.3, -0.25) is 14.7 Å². The highest BCUT2D eigenvalue weighted by molar-refractivity contribution is 6.31. The van der Waals surface area contributed by atoms with Gasteiger partial charge < -0.3 is 26.8 Å². The first kappa shape index (κ1) is 23.5. The molecule has 0 bridgehead atoms. The molecule has 11 nitrogen and oxygen atoms in total. The van der Waals surface area contributed by atoms with Crippen molar-refractivity contribution in [2.75, 3.05) is 34.8 Å². The monoisotopic (exact) mass is 462 g/mol. The molecule has 0 saturated carbocycles. The van der Waals surface area contributed by atoms with Crippen LogP contribution in [-0.4, -0.2) is 51.7 Å². The number of nitrogen functional groups attached to an aromatic ring is 2. The molecule has 1 aliphatic rings. The lowest BCUT2D eigenvalue weighted by atomic mass is 10.1. The van der Waals surface area contributed by atoms with Gasteiger partial charge in [0.2, 0.25) is 0 Å². The van der Waals surface area contributed by atoms with Crippen LogP contribution in [0.3, 0.4) is 0 Å². The maximum Gasteiger partial charge on any atom is 0.415 e. The third-order valence-electron chi connectivity index (χ3n) is 4.65. The van der Waals surface area contributed by atoms with E-state index in [2.05, 4.69) is 25.6 Å². The summed E-state index contributed by atoms with van der Waals surface area (Å²) in [5.41, 5.74) is 11.2. The van der Waals surface area contributed by atoms with Crippen LogP contribution in [0.2, 0.25) is 5.15 Å². The van der Waals surface area contributed by atoms with E-state index in [0.717, 1.165) is 19.4 Å². The molecule has 2 amide bonds. The highest BCUT2D eigenvalue weighted by Crippen LogP contribution is 2.31. The fourth-order valence-corrected chi connectivity index (χ4v) is 3.42. The van der Waals surface area contributed by atoms with E-state index in [9.17, 15) is 9.59 Å². The predicted octanol–water partition coefficient (Wildman–Crippen LogP) is 2.44. The molecule has 12 heteroatoms. The first-order valence-corrected chi connectivity index (χ1v) is 10.5. The molecule has 0 aliphatic carbocycles. The fraction of sp³-hybridized carbons (Fsp3) is 0.450. The van der Waals surface area contributed by atoms with Crippen LogP contribution in [0.15, 0.2) is 18.5 Å². The molecule has 0 radical (unpaired) electrons. The Labute approximate surface area is 190 Å². The second kappa shape index (κ2) is 9.53. The summed E-state index contributed by atoms with van der Waals surface area (Å²) in [7, 11) is 0. The molecular weight excluding hydrogens is 436 g/mol. The largest absolute Gasteiger partial charge is 0.443 e. The molecule has 1 unspecified atom stereocenters. The average molecular weight is 463 g/mol. The van der Waals surface area contributed by atoms with Crippen LogP contribution < -0.4 is 27.0 Å². The number of carbonyl (C=O) groups excluding carboxylic acids is 2. The molecule has 2 aromatic heterocycles. The lowest BCUT2D eigenvalue weighted by Crippen LogP contribution is -2.50. The number of piperidine rings is 1.